The Morgan fingerprint density at radius 2 is 2.19 bits per heavy atom. The number of benzene rings is 1. The molecule has 0 spiro atoms. The molecular formula is C10H12Cl2N2O2. The first-order valence-corrected chi connectivity index (χ1v) is 5.42. The predicted octanol–water partition coefficient (Wildman–Crippen LogP) is 1.91. The van der Waals surface area contributed by atoms with E-state index in [1.54, 1.807) is 18.2 Å². The molecule has 0 aliphatic rings. The van der Waals surface area contributed by atoms with Crippen LogP contribution >= 0.6 is 23.2 Å². The largest absolute Gasteiger partial charge is 0.370 e. The average Bonchev–Trinajstić information content (AvgIpc) is 2.24. The second kappa shape index (κ2) is 6.70. The van der Waals surface area contributed by atoms with Gasteiger partial charge in [-0.25, -0.2) is 0 Å². The highest BCUT2D eigenvalue weighted by Gasteiger charge is 2.06. The monoisotopic (exact) mass is 262 g/mol. The topological polar surface area (TPSA) is 64.3 Å². The zero-order chi connectivity index (χ0) is 12.0. The number of anilines is 1. The summed E-state index contributed by atoms with van der Waals surface area (Å²) in [7, 11) is 0. The summed E-state index contributed by atoms with van der Waals surface area (Å²) in [4.78, 5) is 11.4. The number of nitrogens with one attached hydrogen (secondary N) is 1. The van der Waals surface area contributed by atoms with Gasteiger partial charge in [-0.05, 0) is 18.2 Å². The quantitative estimate of drug-likeness (QED) is 0.797. The van der Waals surface area contributed by atoms with Gasteiger partial charge in [-0.3, -0.25) is 4.79 Å². The van der Waals surface area contributed by atoms with E-state index in [0.717, 1.165) is 0 Å². The molecule has 0 heterocycles. The Labute approximate surface area is 104 Å². The van der Waals surface area contributed by atoms with Gasteiger partial charge in [-0.2, -0.15) is 0 Å². The van der Waals surface area contributed by atoms with Gasteiger partial charge in [0, 0.05) is 11.6 Å². The molecular weight excluding hydrogens is 251 g/mol. The second-order valence-electron chi connectivity index (χ2n) is 3.01. The lowest BCUT2D eigenvalue weighted by Crippen LogP contribution is -2.20. The van der Waals surface area contributed by atoms with Gasteiger partial charge >= 0.3 is 0 Å². The van der Waals surface area contributed by atoms with Gasteiger partial charge in [-0.1, -0.05) is 23.2 Å². The van der Waals surface area contributed by atoms with E-state index in [1.165, 1.54) is 0 Å². The van der Waals surface area contributed by atoms with Crippen LogP contribution in [-0.4, -0.2) is 25.7 Å². The Hall–Kier alpha value is -0.810. The van der Waals surface area contributed by atoms with E-state index in [-0.39, 0.29) is 12.5 Å². The molecule has 0 radical (unpaired) electrons. The van der Waals surface area contributed by atoms with Crippen LogP contribution < -0.4 is 11.1 Å². The molecule has 16 heavy (non-hydrogen) atoms. The van der Waals surface area contributed by atoms with Gasteiger partial charge < -0.3 is 15.8 Å². The molecule has 6 heteroatoms. The number of rotatable bonds is 5. The van der Waals surface area contributed by atoms with Crippen molar-refractivity contribution in [2.45, 2.75) is 0 Å². The Kier molecular flexibility index (Phi) is 5.55. The van der Waals surface area contributed by atoms with Gasteiger partial charge in [0.1, 0.15) is 6.61 Å². The van der Waals surface area contributed by atoms with Crippen LogP contribution in [0.5, 0.6) is 0 Å². The molecule has 0 unspecified atom stereocenters. The number of amides is 1. The lowest BCUT2D eigenvalue weighted by molar-refractivity contribution is -0.120. The fourth-order valence-electron chi connectivity index (χ4n) is 1.03. The fraction of sp³-hybridized carbons (Fsp3) is 0.300. The maximum atomic E-state index is 11.4. The number of hydrogen-bond donors (Lipinski definition) is 2. The number of hydrogen-bond acceptors (Lipinski definition) is 3. The maximum absolute atomic E-state index is 11.4. The number of carbonyl (C=O) groups is 1. The minimum atomic E-state index is -0.294. The van der Waals surface area contributed by atoms with Crippen LogP contribution in [0.4, 0.5) is 5.69 Å². The Bertz CT molecular complexity index is 372. The maximum Gasteiger partial charge on any atom is 0.250 e. The molecule has 0 aliphatic heterocycles. The predicted molar refractivity (Wildman–Crippen MR) is 65.0 cm³/mol. The zero-order valence-corrected chi connectivity index (χ0v) is 10.0. The van der Waals surface area contributed by atoms with Crippen LogP contribution in [0.25, 0.3) is 0 Å². The van der Waals surface area contributed by atoms with E-state index in [9.17, 15) is 4.79 Å². The second-order valence-corrected chi connectivity index (χ2v) is 3.86. The third-order valence-corrected chi connectivity index (χ3v) is 2.26. The fourth-order valence-corrected chi connectivity index (χ4v) is 1.36. The smallest absolute Gasteiger partial charge is 0.250 e. The molecule has 0 fully saturated rings. The summed E-state index contributed by atoms with van der Waals surface area (Å²) in [6.07, 6.45) is 0. The van der Waals surface area contributed by atoms with Crippen LogP contribution in [0.1, 0.15) is 0 Å². The summed E-state index contributed by atoms with van der Waals surface area (Å²) in [5.74, 6) is -0.294. The number of ether oxygens (including phenoxy) is 1. The normalized spacial score (nSPS) is 10.2. The molecule has 4 nitrogen and oxygen atoms in total. The highest BCUT2D eigenvalue weighted by atomic mass is 35.5. The van der Waals surface area contributed by atoms with E-state index in [0.29, 0.717) is 28.9 Å². The summed E-state index contributed by atoms with van der Waals surface area (Å²) in [5, 5.41) is 3.52. The molecule has 0 saturated carbocycles. The van der Waals surface area contributed by atoms with Gasteiger partial charge in [-0.15, -0.1) is 0 Å². The molecule has 1 aromatic rings. The van der Waals surface area contributed by atoms with E-state index in [2.05, 4.69) is 5.32 Å². The molecule has 88 valence electrons. The summed E-state index contributed by atoms with van der Waals surface area (Å²) in [6.45, 7) is 0.669. The van der Waals surface area contributed by atoms with Crippen molar-refractivity contribution in [2.75, 3.05) is 25.1 Å². The van der Waals surface area contributed by atoms with Crippen LogP contribution in [0, 0.1) is 0 Å². The van der Waals surface area contributed by atoms with Crippen molar-refractivity contribution in [1.29, 1.82) is 0 Å². The average molecular weight is 263 g/mol. The van der Waals surface area contributed by atoms with E-state index < -0.39 is 0 Å². The molecule has 1 rings (SSSR count). The van der Waals surface area contributed by atoms with Crippen molar-refractivity contribution >= 4 is 34.8 Å². The molecule has 0 saturated heterocycles. The molecule has 0 aromatic heterocycles. The van der Waals surface area contributed by atoms with Crippen LogP contribution in [0.2, 0.25) is 10.0 Å². The van der Waals surface area contributed by atoms with E-state index in [4.69, 9.17) is 33.7 Å². The first kappa shape index (κ1) is 13.3. The number of halogens is 2. The highest BCUT2D eigenvalue weighted by Crippen LogP contribution is 2.25. The zero-order valence-electron chi connectivity index (χ0n) is 8.50. The Balaban J connectivity index is 2.52. The molecule has 1 aromatic carbocycles. The number of nitrogens with two attached hydrogens (primary N) is 1. The summed E-state index contributed by atoms with van der Waals surface area (Å²) < 4.78 is 4.97. The Morgan fingerprint density at radius 1 is 1.44 bits per heavy atom. The molecule has 3 N–H and O–H groups in total. The van der Waals surface area contributed by atoms with Gasteiger partial charge in [0.15, 0.2) is 0 Å². The minimum Gasteiger partial charge on any atom is -0.370 e. The first-order valence-electron chi connectivity index (χ1n) is 4.66. The van der Waals surface area contributed by atoms with Crippen LogP contribution in [0.15, 0.2) is 18.2 Å². The molecule has 0 aliphatic carbocycles. The van der Waals surface area contributed by atoms with Gasteiger partial charge in [0.05, 0.1) is 17.3 Å². The van der Waals surface area contributed by atoms with Crippen molar-refractivity contribution in [3.63, 3.8) is 0 Å². The summed E-state index contributed by atoms with van der Waals surface area (Å²) in [5.41, 5.74) is 5.68. The minimum absolute atomic E-state index is 0.0555. The lowest BCUT2D eigenvalue weighted by atomic mass is 10.3. The van der Waals surface area contributed by atoms with E-state index in [1.807, 2.05) is 0 Å². The molecule has 0 atom stereocenters. The van der Waals surface area contributed by atoms with Crippen LogP contribution in [-0.2, 0) is 9.53 Å². The first-order chi connectivity index (χ1) is 7.63. The van der Waals surface area contributed by atoms with Gasteiger partial charge in [0.2, 0.25) is 5.91 Å². The SMILES string of the molecule is NCCOCC(=O)Nc1cc(Cl)ccc1Cl. The molecule has 0 bridgehead atoms. The highest BCUT2D eigenvalue weighted by molar-refractivity contribution is 6.35. The summed E-state index contributed by atoms with van der Waals surface area (Å²) >= 11 is 11.6. The van der Waals surface area contributed by atoms with Crippen LogP contribution in [0.3, 0.4) is 0 Å². The number of carbonyl (C=O) groups excluding carboxylic acids is 1. The lowest BCUT2D eigenvalue weighted by Gasteiger charge is -2.07. The third kappa shape index (κ3) is 4.37. The van der Waals surface area contributed by atoms with Crippen molar-refractivity contribution in [3.8, 4) is 0 Å². The standard InChI is InChI=1S/C10H12Cl2N2O2/c11-7-1-2-8(12)9(5-7)14-10(15)6-16-4-3-13/h1-2,5H,3-4,6,13H2,(H,14,15). The van der Waals surface area contributed by atoms with Crippen molar-refractivity contribution in [3.05, 3.63) is 28.2 Å². The third-order valence-electron chi connectivity index (χ3n) is 1.70. The molecule has 1 amide bonds. The summed E-state index contributed by atoms with van der Waals surface area (Å²) in [6, 6.07) is 4.83. The van der Waals surface area contributed by atoms with Crippen molar-refractivity contribution in [1.82, 2.24) is 0 Å². The van der Waals surface area contributed by atoms with Crippen molar-refractivity contribution in [2.24, 2.45) is 5.73 Å². The van der Waals surface area contributed by atoms with E-state index >= 15 is 0 Å². The van der Waals surface area contributed by atoms with Gasteiger partial charge in [0.25, 0.3) is 0 Å². The van der Waals surface area contributed by atoms with Crippen molar-refractivity contribution < 1.29 is 9.53 Å². The Morgan fingerprint density at radius 3 is 2.88 bits per heavy atom.